The molecule has 0 bridgehead atoms. The molecule has 5 heteroatoms. The van der Waals surface area contributed by atoms with Crippen LogP contribution >= 0.6 is 0 Å². The molecule has 2 fully saturated rings. The van der Waals surface area contributed by atoms with Crippen LogP contribution in [0.1, 0.15) is 25.7 Å². The predicted octanol–water partition coefficient (Wildman–Crippen LogP) is -0.382. The molecule has 15 heavy (non-hydrogen) atoms. The number of hydrazine groups is 1. The van der Waals surface area contributed by atoms with Crippen molar-refractivity contribution in [1.82, 2.24) is 10.3 Å². The molecule has 1 amide bonds. The largest absolute Gasteiger partial charge is 0.364 e. The van der Waals surface area contributed by atoms with Crippen molar-refractivity contribution >= 4 is 5.91 Å². The average Bonchev–Trinajstić information content (AvgIpc) is 2.99. The van der Waals surface area contributed by atoms with Gasteiger partial charge in [0.15, 0.2) is 0 Å². The maximum Gasteiger partial charge on any atom is 0.263 e. The van der Waals surface area contributed by atoms with E-state index in [1.165, 1.54) is 12.8 Å². The highest BCUT2D eigenvalue weighted by Gasteiger charge is 2.33. The molecule has 2 rings (SSSR count). The number of carbonyl (C=O) groups excluding carboxylic acids is 1. The SMILES string of the molecule is CN(CC1CCC(C(=O)NN)O1)C1CC1. The number of ether oxygens (including phenoxy) is 1. The van der Waals surface area contributed by atoms with Crippen molar-refractivity contribution < 1.29 is 9.53 Å². The van der Waals surface area contributed by atoms with Gasteiger partial charge in [0.1, 0.15) is 6.10 Å². The van der Waals surface area contributed by atoms with Gasteiger partial charge in [0.25, 0.3) is 5.91 Å². The van der Waals surface area contributed by atoms with Crippen molar-refractivity contribution in [3.63, 3.8) is 0 Å². The van der Waals surface area contributed by atoms with Gasteiger partial charge in [-0.15, -0.1) is 0 Å². The number of hydrogen-bond acceptors (Lipinski definition) is 4. The van der Waals surface area contributed by atoms with Gasteiger partial charge in [0.2, 0.25) is 0 Å². The summed E-state index contributed by atoms with van der Waals surface area (Å²) in [7, 11) is 2.12. The van der Waals surface area contributed by atoms with Gasteiger partial charge in [-0.2, -0.15) is 0 Å². The number of carbonyl (C=O) groups is 1. The summed E-state index contributed by atoms with van der Waals surface area (Å²) in [6.07, 6.45) is 4.19. The Bertz CT molecular complexity index is 243. The Morgan fingerprint density at radius 3 is 2.80 bits per heavy atom. The zero-order valence-electron chi connectivity index (χ0n) is 9.11. The van der Waals surface area contributed by atoms with Crippen LogP contribution in [0.2, 0.25) is 0 Å². The van der Waals surface area contributed by atoms with Crippen LogP contribution in [0.5, 0.6) is 0 Å². The molecule has 1 heterocycles. The predicted molar refractivity (Wildman–Crippen MR) is 55.9 cm³/mol. The molecular weight excluding hydrogens is 194 g/mol. The van der Waals surface area contributed by atoms with Crippen molar-refractivity contribution in [2.45, 2.75) is 43.9 Å². The fourth-order valence-corrected chi connectivity index (χ4v) is 2.11. The lowest BCUT2D eigenvalue weighted by molar-refractivity contribution is -0.132. The van der Waals surface area contributed by atoms with Crippen LogP contribution in [-0.4, -0.2) is 42.6 Å². The fourth-order valence-electron chi connectivity index (χ4n) is 2.11. The van der Waals surface area contributed by atoms with Crippen LogP contribution in [0.4, 0.5) is 0 Å². The summed E-state index contributed by atoms with van der Waals surface area (Å²) in [5.41, 5.74) is 2.14. The Hall–Kier alpha value is -0.650. The highest BCUT2D eigenvalue weighted by molar-refractivity contribution is 5.80. The van der Waals surface area contributed by atoms with E-state index in [0.29, 0.717) is 0 Å². The third-order valence-electron chi connectivity index (χ3n) is 3.20. The van der Waals surface area contributed by atoms with E-state index in [0.717, 1.165) is 25.4 Å². The third kappa shape index (κ3) is 2.68. The first-order valence-electron chi connectivity index (χ1n) is 5.57. The van der Waals surface area contributed by atoms with Crippen LogP contribution in [0.15, 0.2) is 0 Å². The first kappa shape index (κ1) is 10.9. The molecule has 0 aromatic carbocycles. The molecule has 0 aromatic rings. The van der Waals surface area contributed by atoms with E-state index in [2.05, 4.69) is 17.4 Å². The van der Waals surface area contributed by atoms with Gasteiger partial charge < -0.3 is 9.64 Å². The van der Waals surface area contributed by atoms with E-state index >= 15 is 0 Å². The van der Waals surface area contributed by atoms with E-state index in [1.807, 2.05) is 0 Å². The Labute approximate surface area is 89.9 Å². The molecule has 1 saturated heterocycles. The summed E-state index contributed by atoms with van der Waals surface area (Å²) in [4.78, 5) is 13.5. The van der Waals surface area contributed by atoms with Crippen molar-refractivity contribution in [3.05, 3.63) is 0 Å². The molecular formula is C10H19N3O2. The minimum atomic E-state index is -0.340. The molecule has 0 aromatic heterocycles. The first-order valence-corrected chi connectivity index (χ1v) is 5.57. The van der Waals surface area contributed by atoms with E-state index in [9.17, 15) is 4.79 Å². The summed E-state index contributed by atoms with van der Waals surface area (Å²) in [5, 5.41) is 0. The zero-order valence-corrected chi connectivity index (χ0v) is 9.11. The molecule has 0 spiro atoms. The molecule has 1 aliphatic heterocycles. The number of rotatable bonds is 4. The van der Waals surface area contributed by atoms with Crippen LogP contribution < -0.4 is 11.3 Å². The molecule has 2 unspecified atom stereocenters. The smallest absolute Gasteiger partial charge is 0.263 e. The Morgan fingerprint density at radius 1 is 1.47 bits per heavy atom. The van der Waals surface area contributed by atoms with Gasteiger partial charge >= 0.3 is 0 Å². The molecule has 3 N–H and O–H groups in total. The first-order chi connectivity index (χ1) is 7.20. The van der Waals surface area contributed by atoms with E-state index in [4.69, 9.17) is 10.6 Å². The van der Waals surface area contributed by atoms with Crippen molar-refractivity contribution in [3.8, 4) is 0 Å². The Balaban J connectivity index is 1.74. The third-order valence-corrected chi connectivity index (χ3v) is 3.20. The van der Waals surface area contributed by atoms with E-state index in [1.54, 1.807) is 0 Å². The average molecular weight is 213 g/mol. The van der Waals surface area contributed by atoms with Gasteiger partial charge in [0, 0.05) is 12.6 Å². The second-order valence-corrected chi connectivity index (χ2v) is 4.50. The Kier molecular flexibility index (Phi) is 3.23. The summed E-state index contributed by atoms with van der Waals surface area (Å²) in [6, 6.07) is 0.746. The number of nitrogens with zero attached hydrogens (tertiary/aromatic N) is 1. The second-order valence-electron chi connectivity index (χ2n) is 4.50. The van der Waals surface area contributed by atoms with Crippen LogP contribution in [0.3, 0.4) is 0 Å². The Morgan fingerprint density at radius 2 is 2.20 bits per heavy atom. The standard InChI is InChI=1S/C10H19N3O2/c1-13(7-2-3-7)6-8-4-5-9(15-8)10(14)12-11/h7-9H,2-6,11H2,1H3,(H,12,14). The number of nitrogens with one attached hydrogen (secondary N) is 1. The lowest BCUT2D eigenvalue weighted by Gasteiger charge is -2.20. The maximum absolute atomic E-state index is 11.2. The normalized spacial score (nSPS) is 30.9. The van der Waals surface area contributed by atoms with Gasteiger partial charge in [-0.1, -0.05) is 0 Å². The number of likely N-dealkylation sites (N-methyl/N-ethyl adjacent to an activating group) is 1. The van der Waals surface area contributed by atoms with Gasteiger partial charge in [-0.05, 0) is 32.7 Å². The zero-order chi connectivity index (χ0) is 10.8. The summed E-state index contributed by atoms with van der Waals surface area (Å²) < 4.78 is 5.63. The molecule has 0 radical (unpaired) electrons. The van der Waals surface area contributed by atoms with E-state index < -0.39 is 0 Å². The number of hydrogen-bond donors (Lipinski definition) is 2. The number of amides is 1. The molecule has 2 aliphatic rings. The van der Waals surface area contributed by atoms with Gasteiger partial charge in [-0.25, -0.2) is 5.84 Å². The molecule has 86 valence electrons. The summed E-state index contributed by atoms with van der Waals surface area (Å²) in [6.45, 7) is 0.930. The lowest BCUT2D eigenvalue weighted by atomic mass is 10.2. The van der Waals surface area contributed by atoms with Crippen LogP contribution in [0, 0.1) is 0 Å². The molecule has 1 saturated carbocycles. The van der Waals surface area contributed by atoms with E-state index in [-0.39, 0.29) is 18.1 Å². The summed E-state index contributed by atoms with van der Waals surface area (Å²) in [5.74, 6) is 4.86. The monoisotopic (exact) mass is 213 g/mol. The minimum Gasteiger partial charge on any atom is -0.364 e. The molecule has 1 aliphatic carbocycles. The van der Waals surface area contributed by atoms with Crippen LogP contribution in [-0.2, 0) is 9.53 Å². The highest BCUT2D eigenvalue weighted by Crippen LogP contribution is 2.28. The van der Waals surface area contributed by atoms with Crippen LogP contribution in [0.25, 0.3) is 0 Å². The van der Waals surface area contributed by atoms with Gasteiger partial charge in [0.05, 0.1) is 6.10 Å². The minimum absolute atomic E-state index is 0.192. The number of nitrogens with two attached hydrogens (primary N) is 1. The quantitative estimate of drug-likeness (QED) is 0.379. The fraction of sp³-hybridized carbons (Fsp3) is 0.900. The maximum atomic E-state index is 11.2. The molecule has 2 atom stereocenters. The second kappa shape index (κ2) is 4.47. The van der Waals surface area contributed by atoms with Gasteiger partial charge in [-0.3, -0.25) is 10.2 Å². The van der Waals surface area contributed by atoms with Crippen molar-refractivity contribution in [2.75, 3.05) is 13.6 Å². The van der Waals surface area contributed by atoms with Crippen molar-refractivity contribution in [2.24, 2.45) is 5.84 Å². The highest BCUT2D eigenvalue weighted by atomic mass is 16.5. The summed E-state index contributed by atoms with van der Waals surface area (Å²) >= 11 is 0. The molecule has 5 nitrogen and oxygen atoms in total. The lowest BCUT2D eigenvalue weighted by Crippen LogP contribution is -2.40. The van der Waals surface area contributed by atoms with Crippen molar-refractivity contribution in [1.29, 1.82) is 0 Å². The topological polar surface area (TPSA) is 67.6 Å².